The van der Waals surface area contributed by atoms with Crippen molar-refractivity contribution in [3.63, 3.8) is 0 Å². The average molecular weight is 705 g/mol. The molecular formula is C31H42BrN7O5S. The van der Waals surface area contributed by atoms with Crippen molar-refractivity contribution in [2.45, 2.75) is 88.5 Å². The number of rotatable bonds is 9. The van der Waals surface area contributed by atoms with Crippen molar-refractivity contribution in [2.75, 3.05) is 32.7 Å². The van der Waals surface area contributed by atoms with Gasteiger partial charge < -0.3 is 29.4 Å². The van der Waals surface area contributed by atoms with E-state index in [1.165, 1.54) is 23.0 Å². The summed E-state index contributed by atoms with van der Waals surface area (Å²) in [5, 5.41) is 0.756. The molecule has 0 bridgehead atoms. The van der Waals surface area contributed by atoms with E-state index >= 15 is 0 Å². The summed E-state index contributed by atoms with van der Waals surface area (Å²) in [7, 11) is 1.66. The van der Waals surface area contributed by atoms with Gasteiger partial charge in [0, 0.05) is 36.1 Å². The van der Waals surface area contributed by atoms with Crippen LogP contribution in [0.5, 0.6) is 11.5 Å². The maximum Gasteiger partial charge on any atom is 0.410 e. The molecule has 0 unspecified atom stereocenters. The molecule has 1 atom stereocenters. The third-order valence-corrected chi connectivity index (χ3v) is 9.94. The summed E-state index contributed by atoms with van der Waals surface area (Å²) in [5.74, 6) is 2.37. The van der Waals surface area contributed by atoms with Gasteiger partial charge in [-0.05, 0) is 86.4 Å². The van der Waals surface area contributed by atoms with Crippen molar-refractivity contribution in [1.82, 2.24) is 29.3 Å². The average Bonchev–Trinajstić information content (AvgIpc) is 3.58. The van der Waals surface area contributed by atoms with E-state index in [0.29, 0.717) is 60.5 Å². The predicted octanol–water partition coefficient (Wildman–Crippen LogP) is 5.96. The standard InChI is InChI=1S/C31H42BrN7O5S/c1-18(2)13-21(37(6)30(41)44-31(3,4)5)28(40)38-10-7-19(8-11-38)9-12-39-27-25(26(33)34-16-35-27)36-29(39)45-24-15-23-22(14-20(24)32)42-17-43-23/h14-16,18-19,21H,7-13,17H2,1-6H3,(H2,33,34,35)/t21-/m0/s1. The Morgan fingerprint density at radius 2 is 1.87 bits per heavy atom. The fourth-order valence-electron chi connectivity index (χ4n) is 5.59. The molecule has 0 aliphatic carbocycles. The summed E-state index contributed by atoms with van der Waals surface area (Å²) in [6, 6.07) is 3.28. The molecule has 5 rings (SSSR count). The summed E-state index contributed by atoms with van der Waals surface area (Å²) in [6.45, 7) is 11.8. The maximum atomic E-state index is 13.7. The van der Waals surface area contributed by atoms with E-state index in [9.17, 15) is 9.59 Å². The van der Waals surface area contributed by atoms with Gasteiger partial charge in [0.2, 0.25) is 12.7 Å². The first-order valence-corrected chi connectivity index (χ1v) is 16.9. The molecule has 3 aromatic rings. The van der Waals surface area contributed by atoms with Crippen molar-refractivity contribution in [1.29, 1.82) is 0 Å². The molecule has 0 radical (unpaired) electrons. The second-order valence-electron chi connectivity index (χ2n) is 13.0. The molecule has 2 N–H and O–H groups in total. The number of ether oxygens (including phenoxy) is 3. The number of piperidine rings is 1. The summed E-state index contributed by atoms with van der Waals surface area (Å²) in [4.78, 5) is 44.3. The van der Waals surface area contributed by atoms with Crippen molar-refractivity contribution in [2.24, 2.45) is 11.8 Å². The number of carbonyl (C=O) groups is 2. The van der Waals surface area contributed by atoms with Gasteiger partial charge in [-0.15, -0.1) is 0 Å². The number of benzene rings is 1. The highest BCUT2D eigenvalue weighted by molar-refractivity contribution is 9.10. The molecule has 244 valence electrons. The minimum atomic E-state index is -0.632. The third-order valence-electron chi connectivity index (χ3n) is 7.97. The van der Waals surface area contributed by atoms with Crippen LogP contribution < -0.4 is 15.2 Å². The smallest absolute Gasteiger partial charge is 0.410 e. The first-order valence-electron chi connectivity index (χ1n) is 15.3. The van der Waals surface area contributed by atoms with Crippen LogP contribution in [0.15, 0.2) is 33.0 Å². The molecule has 2 aromatic heterocycles. The lowest BCUT2D eigenvalue weighted by molar-refractivity contribution is -0.138. The van der Waals surface area contributed by atoms with Gasteiger partial charge in [0.1, 0.15) is 18.0 Å². The van der Waals surface area contributed by atoms with Crippen LogP contribution in [0.4, 0.5) is 10.6 Å². The number of likely N-dealkylation sites (N-methyl/N-ethyl adjacent to an activating group) is 1. The number of aryl methyl sites for hydroxylation is 1. The number of halogens is 1. The number of nitrogens with zero attached hydrogens (tertiary/aromatic N) is 6. The topological polar surface area (TPSA) is 138 Å². The minimum Gasteiger partial charge on any atom is -0.454 e. The zero-order valence-corrected chi connectivity index (χ0v) is 29.1. The first kappa shape index (κ1) is 33.1. The molecule has 2 aliphatic heterocycles. The molecule has 2 aliphatic rings. The van der Waals surface area contributed by atoms with Crippen LogP contribution in [-0.2, 0) is 16.1 Å². The van der Waals surface area contributed by atoms with Crippen LogP contribution in [0.3, 0.4) is 0 Å². The van der Waals surface area contributed by atoms with E-state index in [4.69, 9.17) is 24.9 Å². The van der Waals surface area contributed by atoms with Gasteiger partial charge in [0.25, 0.3) is 0 Å². The molecular weight excluding hydrogens is 662 g/mol. The van der Waals surface area contributed by atoms with E-state index in [0.717, 1.165) is 33.8 Å². The van der Waals surface area contributed by atoms with Crippen LogP contribution in [0.1, 0.15) is 60.3 Å². The molecule has 1 aromatic carbocycles. The Labute approximate surface area is 276 Å². The fourth-order valence-corrected chi connectivity index (χ4v) is 7.09. The summed E-state index contributed by atoms with van der Waals surface area (Å²) in [6.07, 6.45) is 4.20. The molecule has 2 amide bonds. The van der Waals surface area contributed by atoms with E-state index < -0.39 is 17.7 Å². The van der Waals surface area contributed by atoms with Crippen LogP contribution in [0.25, 0.3) is 11.2 Å². The number of carbonyl (C=O) groups excluding carboxylic acids is 2. The second kappa shape index (κ2) is 13.6. The molecule has 0 saturated carbocycles. The number of aromatic nitrogens is 4. The van der Waals surface area contributed by atoms with Gasteiger partial charge in [0.05, 0.1) is 0 Å². The van der Waals surface area contributed by atoms with Crippen LogP contribution >= 0.6 is 27.7 Å². The largest absolute Gasteiger partial charge is 0.454 e. The highest BCUT2D eigenvalue weighted by atomic mass is 79.9. The van der Waals surface area contributed by atoms with Crippen LogP contribution in [-0.4, -0.2) is 79.9 Å². The Morgan fingerprint density at radius 1 is 1.18 bits per heavy atom. The summed E-state index contributed by atoms with van der Waals surface area (Å²) in [5.41, 5.74) is 6.82. The van der Waals surface area contributed by atoms with Crippen molar-refractivity contribution in [3.05, 3.63) is 22.9 Å². The molecule has 45 heavy (non-hydrogen) atoms. The van der Waals surface area contributed by atoms with E-state index in [1.807, 2.05) is 37.8 Å². The lowest BCUT2D eigenvalue weighted by Crippen LogP contribution is -2.52. The van der Waals surface area contributed by atoms with E-state index in [-0.39, 0.29) is 18.6 Å². The first-order chi connectivity index (χ1) is 21.3. The molecule has 14 heteroatoms. The van der Waals surface area contributed by atoms with Gasteiger partial charge in [-0.3, -0.25) is 9.69 Å². The van der Waals surface area contributed by atoms with Gasteiger partial charge in [0.15, 0.2) is 33.6 Å². The Kier molecular flexibility index (Phi) is 10.0. The Morgan fingerprint density at radius 3 is 2.53 bits per heavy atom. The van der Waals surface area contributed by atoms with Gasteiger partial charge >= 0.3 is 6.09 Å². The number of nitrogen functional groups attached to an aromatic ring is 1. The quantitative estimate of drug-likeness (QED) is 0.284. The molecule has 1 saturated heterocycles. The van der Waals surface area contributed by atoms with Crippen LogP contribution in [0, 0.1) is 11.8 Å². The van der Waals surface area contributed by atoms with Crippen molar-refractivity contribution >= 4 is 56.7 Å². The molecule has 0 spiro atoms. The van der Waals surface area contributed by atoms with Gasteiger partial charge in [-0.2, -0.15) is 0 Å². The molecule has 4 heterocycles. The number of hydrogen-bond donors (Lipinski definition) is 1. The number of fused-ring (bicyclic) bond motifs is 2. The number of imidazole rings is 1. The Balaban J connectivity index is 1.26. The van der Waals surface area contributed by atoms with Crippen molar-refractivity contribution in [3.8, 4) is 11.5 Å². The predicted molar refractivity (Wildman–Crippen MR) is 175 cm³/mol. The SMILES string of the molecule is CC(C)C[C@@H](C(=O)N1CCC(CCn2c(Sc3cc4c(cc3Br)OCO4)nc3c(N)ncnc32)CC1)N(C)C(=O)OC(C)(C)C. The monoisotopic (exact) mass is 703 g/mol. The lowest BCUT2D eigenvalue weighted by Gasteiger charge is -2.37. The normalized spacial score (nSPS) is 16.0. The number of nitrogens with two attached hydrogens (primary N) is 1. The van der Waals surface area contributed by atoms with E-state index in [1.54, 1.807) is 7.05 Å². The third kappa shape index (κ3) is 7.76. The highest BCUT2D eigenvalue weighted by Crippen LogP contribution is 2.43. The molecule has 1 fully saturated rings. The van der Waals surface area contributed by atoms with Gasteiger partial charge in [-0.25, -0.2) is 19.7 Å². The summed E-state index contributed by atoms with van der Waals surface area (Å²) >= 11 is 5.15. The lowest BCUT2D eigenvalue weighted by atomic mass is 9.92. The van der Waals surface area contributed by atoms with Gasteiger partial charge in [-0.1, -0.05) is 25.6 Å². The number of hydrogen-bond acceptors (Lipinski definition) is 10. The second-order valence-corrected chi connectivity index (χ2v) is 14.9. The Hall–Kier alpha value is -3.26. The van der Waals surface area contributed by atoms with Crippen LogP contribution in [0.2, 0.25) is 0 Å². The number of anilines is 1. The zero-order chi connectivity index (χ0) is 32.5. The summed E-state index contributed by atoms with van der Waals surface area (Å²) < 4.78 is 19.6. The zero-order valence-electron chi connectivity index (χ0n) is 26.7. The molecule has 12 nitrogen and oxygen atoms in total. The maximum absolute atomic E-state index is 13.7. The van der Waals surface area contributed by atoms with Crippen molar-refractivity contribution < 1.29 is 23.8 Å². The highest BCUT2D eigenvalue weighted by Gasteiger charge is 2.35. The number of likely N-dealkylation sites (tertiary alicyclic amines) is 1. The fraction of sp³-hybridized carbons (Fsp3) is 0.581. The van der Waals surface area contributed by atoms with E-state index in [2.05, 4.69) is 44.3 Å². The minimum absolute atomic E-state index is 0.0173. The Bertz CT molecular complexity index is 1550. The number of amides is 2.